The lowest BCUT2D eigenvalue weighted by Gasteiger charge is -2.34. The summed E-state index contributed by atoms with van der Waals surface area (Å²) in [5.74, 6) is 0.164. The minimum absolute atomic E-state index is 0. The Labute approximate surface area is 132 Å². The summed E-state index contributed by atoms with van der Waals surface area (Å²) in [6.07, 6.45) is 4.95. The highest BCUT2D eigenvalue weighted by Crippen LogP contribution is 2.14. The molecule has 1 fully saturated rings. The molecule has 1 saturated heterocycles. The number of amides is 1. The number of carbonyl (C=O) groups excluding carboxylic acids is 1. The predicted molar refractivity (Wildman–Crippen MR) is 82.6 cm³/mol. The van der Waals surface area contributed by atoms with Gasteiger partial charge in [0, 0.05) is 18.7 Å². The van der Waals surface area contributed by atoms with Gasteiger partial charge in [-0.25, -0.2) is 0 Å². The van der Waals surface area contributed by atoms with E-state index in [0.717, 1.165) is 44.6 Å². The van der Waals surface area contributed by atoms with Crippen molar-refractivity contribution in [2.24, 2.45) is 0 Å². The molecule has 1 aliphatic rings. The first-order valence-electron chi connectivity index (χ1n) is 6.70. The molecule has 0 aliphatic carbocycles. The molecule has 2 heterocycles. The maximum absolute atomic E-state index is 12.3. The van der Waals surface area contributed by atoms with Gasteiger partial charge >= 0.3 is 0 Å². The number of carbonyl (C=O) groups is 1. The van der Waals surface area contributed by atoms with Gasteiger partial charge in [-0.15, -0.1) is 24.8 Å². The molecule has 20 heavy (non-hydrogen) atoms. The van der Waals surface area contributed by atoms with Crippen LogP contribution in [0, 0.1) is 0 Å². The van der Waals surface area contributed by atoms with E-state index in [1.165, 1.54) is 6.26 Å². The highest BCUT2D eigenvalue weighted by Gasteiger charge is 2.24. The third-order valence-electron chi connectivity index (χ3n) is 3.36. The Kier molecular flexibility index (Phi) is 9.63. The van der Waals surface area contributed by atoms with Crippen LogP contribution in [0.4, 0.5) is 0 Å². The van der Waals surface area contributed by atoms with Gasteiger partial charge in [0.25, 0.3) is 0 Å². The quantitative estimate of drug-likeness (QED) is 0.901. The minimum Gasteiger partial charge on any atom is -0.364 e. The van der Waals surface area contributed by atoms with Crippen LogP contribution in [0.2, 0.25) is 0 Å². The third-order valence-corrected chi connectivity index (χ3v) is 3.36. The van der Waals surface area contributed by atoms with Crippen LogP contribution in [-0.4, -0.2) is 41.6 Å². The Morgan fingerprint density at radius 3 is 2.70 bits per heavy atom. The zero-order chi connectivity index (χ0) is 12.8. The molecule has 116 valence electrons. The molecule has 1 amide bonds. The van der Waals surface area contributed by atoms with Gasteiger partial charge in [0.2, 0.25) is 5.91 Å². The average molecular weight is 324 g/mol. The van der Waals surface area contributed by atoms with Crippen molar-refractivity contribution in [2.45, 2.75) is 38.6 Å². The van der Waals surface area contributed by atoms with Gasteiger partial charge in [0.1, 0.15) is 6.26 Å². The Bertz CT molecular complexity index is 368. The van der Waals surface area contributed by atoms with Gasteiger partial charge in [-0.05, 0) is 32.4 Å². The van der Waals surface area contributed by atoms with Crippen molar-refractivity contribution in [3.05, 3.63) is 18.0 Å². The molecule has 0 spiro atoms. The van der Waals surface area contributed by atoms with Gasteiger partial charge in [0.05, 0.1) is 12.1 Å². The third kappa shape index (κ3) is 5.31. The van der Waals surface area contributed by atoms with Crippen molar-refractivity contribution in [3.8, 4) is 0 Å². The SMILES string of the molecule is CCCN(C(=O)Cc1ccon1)C1CCNCC1.Cl.Cl. The first-order chi connectivity index (χ1) is 8.81. The Morgan fingerprint density at radius 2 is 2.15 bits per heavy atom. The smallest absolute Gasteiger partial charge is 0.228 e. The Hall–Kier alpha value is -0.780. The molecule has 1 aromatic heterocycles. The maximum atomic E-state index is 12.3. The molecule has 0 aromatic carbocycles. The van der Waals surface area contributed by atoms with E-state index in [4.69, 9.17) is 4.52 Å². The summed E-state index contributed by atoms with van der Waals surface area (Å²) in [7, 11) is 0. The number of hydrogen-bond acceptors (Lipinski definition) is 4. The van der Waals surface area contributed by atoms with Crippen molar-refractivity contribution in [2.75, 3.05) is 19.6 Å². The second-order valence-corrected chi connectivity index (χ2v) is 4.74. The zero-order valence-electron chi connectivity index (χ0n) is 11.7. The molecule has 1 N–H and O–H groups in total. The largest absolute Gasteiger partial charge is 0.364 e. The molecule has 1 aliphatic heterocycles. The summed E-state index contributed by atoms with van der Waals surface area (Å²) in [5, 5.41) is 7.14. The van der Waals surface area contributed by atoms with Crippen LogP contribution in [0.3, 0.4) is 0 Å². The molecular weight excluding hydrogens is 301 g/mol. The van der Waals surface area contributed by atoms with Gasteiger partial charge in [-0.2, -0.15) is 0 Å². The summed E-state index contributed by atoms with van der Waals surface area (Å²) in [6.45, 7) is 4.95. The number of hydrogen-bond donors (Lipinski definition) is 1. The summed E-state index contributed by atoms with van der Waals surface area (Å²) in [5.41, 5.74) is 0.718. The number of halogens is 2. The van der Waals surface area contributed by atoms with E-state index >= 15 is 0 Å². The normalized spacial score (nSPS) is 15.1. The van der Waals surface area contributed by atoms with Crippen LogP contribution >= 0.6 is 24.8 Å². The molecule has 0 unspecified atom stereocenters. The van der Waals surface area contributed by atoms with E-state index in [2.05, 4.69) is 17.4 Å². The number of piperidine rings is 1. The van der Waals surface area contributed by atoms with Gasteiger partial charge in [-0.3, -0.25) is 4.79 Å². The molecule has 1 aromatic rings. The topological polar surface area (TPSA) is 58.4 Å². The van der Waals surface area contributed by atoms with Crippen molar-refractivity contribution < 1.29 is 9.32 Å². The van der Waals surface area contributed by atoms with Crippen LogP contribution in [0.5, 0.6) is 0 Å². The highest BCUT2D eigenvalue weighted by molar-refractivity contribution is 5.85. The van der Waals surface area contributed by atoms with Gasteiger partial charge < -0.3 is 14.7 Å². The lowest BCUT2D eigenvalue weighted by atomic mass is 10.0. The number of aromatic nitrogens is 1. The van der Waals surface area contributed by atoms with Crippen molar-refractivity contribution in [1.29, 1.82) is 0 Å². The minimum atomic E-state index is 0. The summed E-state index contributed by atoms with van der Waals surface area (Å²) in [6, 6.07) is 2.13. The van der Waals surface area contributed by atoms with Crippen LogP contribution in [0.25, 0.3) is 0 Å². The molecular formula is C13H23Cl2N3O2. The second kappa shape index (κ2) is 10.0. The fourth-order valence-electron chi connectivity index (χ4n) is 2.46. The summed E-state index contributed by atoms with van der Waals surface area (Å²) >= 11 is 0. The predicted octanol–water partition coefficient (Wildman–Crippen LogP) is 2.05. The summed E-state index contributed by atoms with van der Waals surface area (Å²) in [4.78, 5) is 14.3. The fraction of sp³-hybridized carbons (Fsp3) is 0.692. The van der Waals surface area contributed by atoms with Crippen molar-refractivity contribution in [3.63, 3.8) is 0 Å². The monoisotopic (exact) mass is 323 g/mol. The molecule has 0 radical (unpaired) electrons. The molecule has 5 nitrogen and oxygen atoms in total. The molecule has 0 saturated carbocycles. The number of nitrogens with one attached hydrogen (secondary N) is 1. The second-order valence-electron chi connectivity index (χ2n) is 4.74. The van der Waals surface area contributed by atoms with E-state index in [1.54, 1.807) is 6.07 Å². The van der Waals surface area contributed by atoms with Crippen LogP contribution < -0.4 is 5.32 Å². The highest BCUT2D eigenvalue weighted by atomic mass is 35.5. The van der Waals surface area contributed by atoms with E-state index in [0.29, 0.717) is 12.5 Å². The molecule has 0 bridgehead atoms. The lowest BCUT2D eigenvalue weighted by Crippen LogP contribution is -2.47. The van der Waals surface area contributed by atoms with Crippen LogP contribution in [0.1, 0.15) is 31.9 Å². The van der Waals surface area contributed by atoms with Gasteiger partial charge in [-0.1, -0.05) is 12.1 Å². The van der Waals surface area contributed by atoms with E-state index in [9.17, 15) is 4.79 Å². The van der Waals surface area contributed by atoms with Crippen molar-refractivity contribution in [1.82, 2.24) is 15.4 Å². The first kappa shape index (κ1) is 19.2. The standard InChI is InChI=1S/C13H21N3O2.2ClH/c1-2-8-16(12-3-6-14-7-4-12)13(17)10-11-5-9-18-15-11;;/h5,9,12,14H,2-4,6-8,10H2,1H3;2*1H. The summed E-state index contributed by atoms with van der Waals surface area (Å²) < 4.78 is 4.77. The molecule has 0 atom stereocenters. The maximum Gasteiger partial charge on any atom is 0.228 e. The fourth-order valence-corrected chi connectivity index (χ4v) is 2.46. The van der Waals surface area contributed by atoms with E-state index in [-0.39, 0.29) is 30.7 Å². The average Bonchev–Trinajstić information content (AvgIpc) is 2.89. The first-order valence-corrected chi connectivity index (χ1v) is 6.70. The zero-order valence-corrected chi connectivity index (χ0v) is 13.3. The Morgan fingerprint density at radius 1 is 1.45 bits per heavy atom. The molecule has 2 rings (SSSR count). The van der Waals surface area contributed by atoms with Crippen LogP contribution in [0.15, 0.2) is 16.9 Å². The lowest BCUT2D eigenvalue weighted by molar-refractivity contribution is -0.133. The number of rotatable bonds is 5. The van der Waals surface area contributed by atoms with Gasteiger partial charge in [0.15, 0.2) is 0 Å². The Balaban J connectivity index is 0.00000180. The number of nitrogens with zero attached hydrogens (tertiary/aromatic N) is 2. The van der Waals surface area contributed by atoms with Crippen LogP contribution in [-0.2, 0) is 11.2 Å². The van der Waals surface area contributed by atoms with E-state index < -0.39 is 0 Å². The van der Waals surface area contributed by atoms with Crippen molar-refractivity contribution >= 4 is 30.7 Å². The molecule has 7 heteroatoms. The van der Waals surface area contributed by atoms with E-state index in [1.807, 2.05) is 4.90 Å².